The summed E-state index contributed by atoms with van der Waals surface area (Å²) in [7, 11) is 0. The molecule has 1 N–H and O–H groups in total. The van der Waals surface area contributed by atoms with E-state index in [0.717, 1.165) is 15.7 Å². The van der Waals surface area contributed by atoms with E-state index >= 15 is 0 Å². The molecule has 0 aliphatic carbocycles. The Morgan fingerprint density at radius 3 is 2.50 bits per heavy atom. The van der Waals surface area contributed by atoms with Gasteiger partial charge in [-0.05, 0) is 38.5 Å². The van der Waals surface area contributed by atoms with Crippen LogP contribution in [0.1, 0.15) is 38.8 Å². The first-order valence-corrected chi connectivity index (χ1v) is 11.2. The Bertz CT molecular complexity index is 1290. The van der Waals surface area contributed by atoms with Gasteiger partial charge in [-0.2, -0.15) is 10.2 Å². The van der Waals surface area contributed by atoms with Crippen LogP contribution in [0.4, 0.5) is 5.82 Å². The summed E-state index contributed by atoms with van der Waals surface area (Å²) in [5.74, 6) is 0.292. The van der Waals surface area contributed by atoms with Gasteiger partial charge in [0, 0.05) is 16.2 Å². The largest absolute Gasteiger partial charge is 0.361 e. The number of amides is 1. The number of aryl methyl sites for hydroxylation is 2. The maximum atomic E-state index is 13.0. The average molecular weight is 538 g/mol. The SMILES string of the molecule is Cc1nn(Cc2c(C(=O)Nc3nn(Cc4ccc(Br)cc4)cc3Cl)noc2C)c(C)c1Cl. The fourth-order valence-electron chi connectivity index (χ4n) is 3.24. The van der Waals surface area contributed by atoms with Crippen molar-refractivity contribution in [2.45, 2.75) is 33.9 Å². The number of halogens is 3. The fraction of sp³-hybridized carbons (Fsp3) is 0.238. The molecule has 0 aliphatic rings. The van der Waals surface area contributed by atoms with Gasteiger partial charge in [0.25, 0.3) is 5.91 Å². The van der Waals surface area contributed by atoms with Gasteiger partial charge in [0.1, 0.15) is 10.8 Å². The van der Waals surface area contributed by atoms with Crippen molar-refractivity contribution >= 4 is 50.9 Å². The van der Waals surface area contributed by atoms with Gasteiger partial charge in [-0.3, -0.25) is 14.2 Å². The molecule has 1 amide bonds. The quantitative estimate of drug-likeness (QED) is 0.355. The minimum atomic E-state index is -0.472. The lowest BCUT2D eigenvalue weighted by molar-refractivity contribution is 0.101. The van der Waals surface area contributed by atoms with E-state index in [1.165, 1.54) is 0 Å². The zero-order valence-corrected chi connectivity index (χ0v) is 20.6. The monoisotopic (exact) mass is 536 g/mol. The molecule has 0 bridgehead atoms. The first kappa shape index (κ1) is 22.6. The molecule has 3 heterocycles. The van der Waals surface area contributed by atoms with Gasteiger partial charge in [-0.25, -0.2) is 0 Å². The van der Waals surface area contributed by atoms with Crippen molar-refractivity contribution < 1.29 is 9.32 Å². The molecule has 0 unspecified atom stereocenters. The van der Waals surface area contributed by atoms with Crippen LogP contribution < -0.4 is 5.32 Å². The molecule has 4 aromatic rings. The lowest BCUT2D eigenvalue weighted by Gasteiger charge is -2.06. The summed E-state index contributed by atoms with van der Waals surface area (Å²) >= 11 is 16.0. The number of anilines is 1. The van der Waals surface area contributed by atoms with E-state index in [1.54, 1.807) is 22.5 Å². The molecule has 0 spiro atoms. The molecule has 8 nitrogen and oxygen atoms in total. The van der Waals surface area contributed by atoms with Gasteiger partial charge in [-0.1, -0.05) is 56.4 Å². The minimum absolute atomic E-state index is 0.143. The Labute approximate surface area is 202 Å². The molecule has 0 saturated heterocycles. The third-order valence-electron chi connectivity index (χ3n) is 5.01. The molecule has 166 valence electrons. The number of hydrogen-bond acceptors (Lipinski definition) is 5. The molecule has 1 aromatic carbocycles. The third kappa shape index (κ3) is 4.60. The van der Waals surface area contributed by atoms with Crippen LogP contribution in [-0.4, -0.2) is 30.6 Å². The third-order valence-corrected chi connectivity index (χ3v) is 6.36. The summed E-state index contributed by atoms with van der Waals surface area (Å²) in [6, 6.07) is 7.86. The predicted octanol–water partition coefficient (Wildman–Crippen LogP) is 5.41. The predicted molar refractivity (Wildman–Crippen MR) is 125 cm³/mol. The van der Waals surface area contributed by atoms with E-state index in [4.69, 9.17) is 27.7 Å². The lowest BCUT2D eigenvalue weighted by atomic mass is 10.2. The second-order valence-corrected chi connectivity index (χ2v) is 9.01. The lowest BCUT2D eigenvalue weighted by Crippen LogP contribution is -2.17. The smallest absolute Gasteiger partial charge is 0.279 e. The first-order valence-electron chi connectivity index (χ1n) is 9.66. The number of carbonyl (C=O) groups is 1. The molecule has 0 saturated carbocycles. The van der Waals surface area contributed by atoms with Crippen LogP contribution in [-0.2, 0) is 13.1 Å². The maximum absolute atomic E-state index is 13.0. The van der Waals surface area contributed by atoms with Crippen LogP contribution in [0.3, 0.4) is 0 Å². The number of nitrogens with one attached hydrogen (secondary N) is 1. The van der Waals surface area contributed by atoms with Crippen molar-refractivity contribution in [2.75, 3.05) is 5.32 Å². The Kier molecular flexibility index (Phi) is 6.41. The molecule has 32 heavy (non-hydrogen) atoms. The Morgan fingerprint density at radius 2 is 1.84 bits per heavy atom. The molecule has 3 aromatic heterocycles. The van der Waals surface area contributed by atoms with Gasteiger partial charge in [0.15, 0.2) is 11.5 Å². The van der Waals surface area contributed by atoms with E-state index in [9.17, 15) is 4.79 Å². The summed E-state index contributed by atoms with van der Waals surface area (Å²) in [5, 5.41) is 16.4. The van der Waals surface area contributed by atoms with E-state index in [2.05, 4.69) is 36.6 Å². The molecule has 4 rings (SSSR count). The number of benzene rings is 1. The van der Waals surface area contributed by atoms with Gasteiger partial charge in [-0.15, -0.1) is 0 Å². The van der Waals surface area contributed by atoms with Gasteiger partial charge in [0.2, 0.25) is 0 Å². The Hall–Kier alpha value is -2.62. The molecule has 0 fully saturated rings. The second kappa shape index (κ2) is 9.09. The van der Waals surface area contributed by atoms with Crippen LogP contribution in [0, 0.1) is 20.8 Å². The number of hydrogen-bond donors (Lipinski definition) is 1. The zero-order chi connectivity index (χ0) is 23.0. The summed E-state index contributed by atoms with van der Waals surface area (Å²) in [5.41, 5.74) is 3.31. The van der Waals surface area contributed by atoms with E-state index in [-0.39, 0.29) is 11.5 Å². The molecular formula is C21H19BrCl2N6O2. The van der Waals surface area contributed by atoms with Crippen LogP contribution in [0.25, 0.3) is 0 Å². The van der Waals surface area contributed by atoms with Crippen LogP contribution in [0.2, 0.25) is 10.0 Å². The second-order valence-electron chi connectivity index (χ2n) is 7.31. The van der Waals surface area contributed by atoms with Gasteiger partial charge >= 0.3 is 0 Å². The van der Waals surface area contributed by atoms with E-state index < -0.39 is 5.91 Å². The van der Waals surface area contributed by atoms with Crippen molar-refractivity contribution in [3.8, 4) is 0 Å². The van der Waals surface area contributed by atoms with Crippen LogP contribution in [0.15, 0.2) is 39.5 Å². The topological polar surface area (TPSA) is 90.8 Å². The Morgan fingerprint density at radius 1 is 1.12 bits per heavy atom. The highest BCUT2D eigenvalue weighted by atomic mass is 79.9. The number of carbonyl (C=O) groups excluding carboxylic acids is 1. The first-order chi connectivity index (χ1) is 15.2. The summed E-state index contributed by atoms with van der Waals surface area (Å²) in [6.07, 6.45) is 1.66. The zero-order valence-electron chi connectivity index (χ0n) is 17.5. The normalized spacial score (nSPS) is 11.2. The minimum Gasteiger partial charge on any atom is -0.361 e. The summed E-state index contributed by atoms with van der Waals surface area (Å²) in [6.45, 7) is 6.24. The highest BCUT2D eigenvalue weighted by Crippen LogP contribution is 2.24. The molecule has 0 atom stereocenters. The highest BCUT2D eigenvalue weighted by Gasteiger charge is 2.23. The van der Waals surface area contributed by atoms with Gasteiger partial charge < -0.3 is 9.84 Å². The molecule has 0 aliphatic heterocycles. The molecular weight excluding hydrogens is 519 g/mol. The van der Waals surface area contributed by atoms with E-state index in [1.807, 2.05) is 38.1 Å². The fourth-order valence-corrected chi connectivity index (χ4v) is 3.84. The van der Waals surface area contributed by atoms with Crippen LogP contribution in [0.5, 0.6) is 0 Å². The van der Waals surface area contributed by atoms with Gasteiger partial charge in [0.05, 0.1) is 29.5 Å². The van der Waals surface area contributed by atoms with Crippen molar-refractivity contribution in [1.82, 2.24) is 24.7 Å². The van der Waals surface area contributed by atoms with Crippen molar-refractivity contribution in [3.05, 3.63) is 78.9 Å². The molecule has 0 radical (unpaired) electrons. The maximum Gasteiger partial charge on any atom is 0.279 e. The standard InChI is InChI=1S/C21H19BrCl2N6O2/c1-11-18(24)12(2)30(26-11)9-16-13(3)32-28-19(16)21(31)25-20-17(23)10-29(27-20)8-14-4-6-15(22)7-5-14/h4-7,10H,8-9H2,1-3H3,(H,25,27,31). The average Bonchev–Trinajstić information content (AvgIpc) is 3.36. The van der Waals surface area contributed by atoms with E-state index in [0.29, 0.717) is 40.2 Å². The van der Waals surface area contributed by atoms with Crippen molar-refractivity contribution in [1.29, 1.82) is 0 Å². The number of aromatic nitrogens is 5. The molecule has 11 heteroatoms. The highest BCUT2D eigenvalue weighted by molar-refractivity contribution is 9.10. The van der Waals surface area contributed by atoms with Crippen LogP contribution >= 0.6 is 39.1 Å². The Balaban J connectivity index is 1.53. The number of nitrogens with zero attached hydrogens (tertiary/aromatic N) is 5. The number of rotatable bonds is 6. The summed E-state index contributed by atoms with van der Waals surface area (Å²) < 4.78 is 9.65. The van der Waals surface area contributed by atoms with Crippen molar-refractivity contribution in [3.63, 3.8) is 0 Å². The summed E-state index contributed by atoms with van der Waals surface area (Å²) in [4.78, 5) is 13.0. The van der Waals surface area contributed by atoms with Crippen molar-refractivity contribution in [2.24, 2.45) is 0 Å².